The summed E-state index contributed by atoms with van der Waals surface area (Å²) >= 11 is 3.82. The van der Waals surface area contributed by atoms with E-state index in [-0.39, 0.29) is 0 Å². The Morgan fingerprint density at radius 3 is 1.72 bits per heavy atom. The minimum Gasteiger partial charge on any atom is -0.310 e. The normalized spacial score (nSPS) is 11.8. The van der Waals surface area contributed by atoms with Crippen LogP contribution in [0, 0.1) is 0 Å². The molecule has 0 fully saturated rings. The number of benzene rings is 9. The first kappa shape index (κ1) is 30.4. The number of fused-ring (bicyclic) bond motifs is 9. The van der Waals surface area contributed by atoms with Crippen LogP contribution in [0.4, 0.5) is 17.1 Å². The fraction of sp³-hybridized carbons (Fsp3) is 0. The summed E-state index contributed by atoms with van der Waals surface area (Å²) in [5.41, 5.74) is 8.55. The number of thiophene rings is 2. The molecule has 0 N–H and O–H groups in total. The number of hydrogen-bond acceptors (Lipinski definition) is 3. The summed E-state index contributed by atoms with van der Waals surface area (Å²) in [6.45, 7) is 0. The Balaban J connectivity index is 1.15. The summed E-state index contributed by atoms with van der Waals surface area (Å²) in [4.78, 5) is 2.43. The lowest BCUT2D eigenvalue weighted by Gasteiger charge is -2.27. The number of rotatable bonds is 5. The van der Waals surface area contributed by atoms with Crippen LogP contribution in [0.5, 0.6) is 0 Å². The molecular formula is C50H31NS2. The predicted octanol–water partition coefficient (Wildman–Crippen LogP) is 15.5. The van der Waals surface area contributed by atoms with Crippen LogP contribution in [0.15, 0.2) is 188 Å². The second kappa shape index (κ2) is 12.2. The van der Waals surface area contributed by atoms with E-state index in [1.807, 2.05) is 22.7 Å². The van der Waals surface area contributed by atoms with E-state index >= 15 is 0 Å². The van der Waals surface area contributed by atoms with E-state index in [9.17, 15) is 0 Å². The highest BCUT2D eigenvalue weighted by atomic mass is 32.1. The molecule has 0 bridgehead atoms. The Kier molecular flexibility index (Phi) is 6.97. The average molecular weight is 710 g/mol. The first-order valence-electron chi connectivity index (χ1n) is 18.0. The molecule has 1 nitrogen and oxygen atoms in total. The molecule has 0 aliphatic heterocycles. The van der Waals surface area contributed by atoms with Crippen molar-refractivity contribution < 1.29 is 0 Å². The van der Waals surface area contributed by atoms with E-state index in [0.717, 1.165) is 11.4 Å². The molecule has 53 heavy (non-hydrogen) atoms. The highest BCUT2D eigenvalue weighted by molar-refractivity contribution is 7.27. The Bertz CT molecular complexity index is 3170. The molecule has 0 saturated carbocycles. The zero-order valence-corrected chi connectivity index (χ0v) is 30.3. The van der Waals surface area contributed by atoms with E-state index in [1.165, 1.54) is 89.8 Å². The van der Waals surface area contributed by atoms with Crippen LogP contribution in [0.2, 0.25) is 0 Å². The number of hydrogen-bond donors (Lipinski definition) is 0. The monoisotopic (exact) mass is 709 g/mol. The molecule has 2 aromatic heterocycles. The average Bonchev–Trinajstić information content (AvgIpc) is 3.80. The Morgan fingerprint density at radius 2 is 0.943 bits per heavy atom. The molecule has 11 rings (SSSR count). The quantitative estimate of drug-likeness (QED) is 0.172. The Morgan fingerprint density at radius 1 is 0.321 bits per heavy atom. The van der Waals surface area contributed by atoms with Crippen LogP contribution in [0.3, 0.4) is 0 Å². The van der Waals surface area contributed by atoms with Crippen LogP contribution in [-0.4, -0.2) is 0 Å². The maximum atomic E-state index is 2.44. The fourth-order valence-corrected chi connectivity index (χ4v) is 10.7. The standard InChI is InChI=1S/C50H31NS2/c1-3-14-33(15-4-1)38-21-11-23-42-43-24-12-22-39(49(43)53-48(38)42)35-26-28-47-44(30-35)45-31-46(40-19-9-10-20-41(40)50(45)52-47)51(36-17-5-2-6-18-36)37-27-25-32-13-7-8-16-34(32)29-37/h1-31H. The third-order valence-corrected chi connectivity index (χ3v) is 13.1. The largest absolute Gasteiger partial charge is 0.310 e. The SMILES string of the molecule is c1ccc(-c2cccc3c2sc2c(-c4ccc5sc6c7ccccc7c(N(c7ccccc7)c7ccc8ccccc8c7)cc6c5c4)cccc23)cc1. The van der Waals surface area contributed by atoms with Crippen molar-refractivity contribution in [1.82, 2.24) is 0 Å². The third-order valence-electron chi connectivity index (χ3n) is 10.6. The van der Waals surface area contributed by atoms with Gasteiger partial charge in [-0.1, -0.05) is 146 Å². The summed E-state index contributed by atoms with van der Waals surface area (Å²) in [7, 11) is 0. The third kappa shape index (κ3) is 4.89. The van der Waals surface area contributed by atoms with Gasteiger partial charge in [-0.2, -0.15) is 0 Å². The molecule has 0 amide bonds. The van der Waals surface area contributed by atoms with Gasteiger partial charge in [0.05, 0.1) is 5.69 Å². The van der Waals surface area contributed by atoms with E-state index < -0.39 is 0 Å². The molecular weight excluding hydrogens is 679 g/mol. The fourth-order valence-electron chi connectivity index (χ4n) is 8.14. The zero-order chi connectivity index (χ0) is 34.9. The lowest BCUT2D eigenvalue weighted by Crippen LogP contribution is -2.10. The van der Waals surface area contributed by atoms with Crippen molar-refractivity contribution in [3.63, 3.8) is 0 Å². The van der Waals surface area contributed by atoms with E-state index in [1.54, 1.807) is 0 Å². The van der Waals surface area contributed by atoms with Crippen LogP contribution >= 0.6 is 22.7 Å². The molecule has 0 unspecified atom stereocenters. The summed E-state index contributed by atoms with van der Waals surface area (Å²) in [5.74, 6) is 0. The van der Waals surface area contributed by atoms with Gasteiger partial charge in [0.15, 0.2) is 0 Å². The smallest absolute Gasteiger partial charge is 0.0547 e. The lowest BCUT2D eigenvalue weighted by atomic mass is 9.98. The Hall–Kier alpha value is -6.26. The highest BCUT2D eigenvalue weighted by Gasteiger charge is 2.21. The topological polar surface area (TPSA) is 3.24 Å². The minimum atomic E-state index is 1.14. The van der Waals surface area contributed by atoms with Crippen molar-refractivity contribution in [1.29, 1.82) is 0 Å². The number of para-hydroxylation sites is 1. The molecule has 11 aromatic rings. The van der Waals surface area contributed by atoms with E-state index in [4.69, 9.17) is 0 Å². The first-order valence-corrected chi connectivity index (χ1v) is 19.6. The van der Waals surface area contributed by atoms with Gasteiger partial charge in [-0.3, -0.25) is 0 Å². The second-order valence-corrected chi connectivity index (χ2v) is 15.7. The van der Waals surface area contributed by atoms with Gasteiger partial charge in [0.2, 0.25) is 0 Å². The van der Waals surface area contributed by atoms with Crippen molar-refractivity contribution in [2.75, 3.05) is 4.90 Å². The van der Waals surface area contributed by atoms with Crippen LogP contribution in [-0.2, 0) is 0 Å². The van der Waals surface area contributed by atoms with Crippen molar-refractivity contribution in [2.24, 2.45) is 0 Å². The summed E-state index contributed by atoms with van der Waals surface area (Å²) in [6.07, 6.45) is 0. The molecule has 0 saturated heterocycles. The van der Waals surface area contributed by atoms with Gasteiger partial charge < -0.3 is 4.90 Å². The van der Waals surface area contributed by atoms with Crippen LogP contribution in [0.1, 0.15) is 0 Å². The van der Waals surface area contributed by atoms with Crippen LogP contribution in [0.25, 0.3) is 84.1 Å². The van der Waals surface area contributed by atoms with Gasteiger partial charge in [0.1, 0.15) is 0 Å². The molecule has 9 aromatic carbocycles. The van der Waals surface area contributed by atoms with Gasteiger partial charge in [-0.15, -0.1) is 22.7 Å². The summed E-state index contributed by atoms with van der Waals surface area (Å²) < 4.78 is 5.31. The van der Waals surface area contributed by atoms with E-state index in [2.05, 4.69) is 193 Å². The molecule has 248 valence electrons. The highest BCUT2D eigenvalue weighted by Crippen LogP contribution is 2.48. The molecule has 0 atom stereocenters. The maximum absolute atomic E-state index is 2.44. The second-order valence-electron chi connectivity index (χ2n) is 13.7. The zero-order valence-electron chi connectivity index (χ0n) is 28.7. The first-order chi connectivity index (χ1) is 26.3. The summed E-state index contributed by atoms with van der Waals surface area (Å²) in [6, 6.07) is 69.0. The van der Waals surface area contributed by atoms with Crippen LogP contribution < -0.4 is 4.90 Å². The molecule has 0 spiro atoms. The predicted molar refractivity (Wildman–Crippen MR) is 233 cm³/mol. The van der Waals surface area contributed by atoms with Gasteiger partial charge in [0, 0.05) is 62.5 Å². The number of nitrogens with zero attached hydrogens (tertiary/aromatic N) is 1. The van der Waals surface area contributed by atoms with Gasteiger partial charge in [-0.25, -0.2) is 0 Å². The maximum Gasteiger partial charge on any atom is 0.0547 e. The summed E-state index contributed by atoms with van der Waals surface area (Å²) in [5, 5.41) is 10.2. The molecule has 2 heterocycles. The van der Waals surface area contributed by atoms with Crippen molar-refractivity contribution in [2.45, 2.75) is 0 Å². The molecule has 0 radical (unpaired) electrons. The Labute approximate surface area is 315 Å². The van der Waals surface area contributed by atoms with Gasteiger partial charge in [0.25, 0.3) is 0 Å². The van der Waals surface area contributed by atoms with Crippen molar-refractivity contribution in [3.8, 4) is 22.3 Å². The van der Waals surface area contributed by atoms with E-state index in [0.29, 0.717) is 0 Å². The van der Waals surface area contributed by atoms with Crippen molar-refractivity contribution in [3.05, 3.63) is 188 Å². The molecule has 0 aliphatic carbocycles. The van der Waals surface area contributed by atoms with Gasteiger partial charge in [-0.05, 0) is 75.5 Å². The lowest BCUT2D eigenvalue weighted by molar-refractivity contribution is 1.31. The number of anilines is 3. The minimum absolute atomic E-state index is 1.14. The molecule has 0 aliphatic rings. The van der Waals surface area contributed by atoms with Crippen molar-refractivity contribution >= 4 is 102 Å². The molecule has 3 heteroatoms. The van der Waals surface area contributed by atoms with Gasteiger partial charge >= 0.3 is 0 Å².